The normalized spacial score (nSPS) is 13.5. The minimum Gasteiger partial charge on any atom is -0.382 e. The van der Waals surface area contributed by atoms with E-state index in [-0.39, 0.29) is 5.44 Å². The highest BCUT2D eigenvalue weighted by Crippen LogP contribution is 2.14. The van der Waals surface area contributed by atoms with Gasteiger partial charge in [-0.25, -0.2) is 0 Å². The Morgan fingerprint density at radius 1 is 1.30 bits per heavy atom. The van der Waals surface area contributed by atoms with Gasteiger partial charge in [0.2, 0.25) is 0 Å². The first-order valence-corrected chi connectivity index (χ1v) is 5.15. The highest BCUT2D eigenvalue weighted by molar-refractivity contribution is 7.99. The number of hydrogen-bond donors (Lipinski definition) is 1. The maximum absolute atomic E-state index is 9.24. The van der Waals surface area contributed by atoms with Gasteiger partial charge in [0, 0.05) is 0 Å². The topological polar surface area (TPSA) is 20.2 Å². The molecule has 1 nitrogen and oxygen atoms in total. The molecule has 0 saturated heterocycles. The molecule has 62 valence electrons. The summed E-state index contributed by atoms with van der Waals surface area (Å²) >= 11 is 1.68. The Balaban J connectivity index is 2.97. The van der Waals surface area contributed by atoms with E-state index < -0.39 is 0 Å². The highest BCUT2D eigenvalue weighted by atomic mass is 32.2. The Bertz CT molecular complexity index is 66.3. The van der Waals surface area contributed by atoms with Crippen molar-refractivity contribution in [3.05, 3.63) is 0 Å². The van der Waals surface area contributed by atoms with E-state index >= 15 is 0 Å². The second kappa shape index (κ2) is 7.42. The predicted octanol–water partition coefficient (Wildman–Crippen LogP) is 2.64. The van der Waals surface area contributed by atoms with Crippen molar-refractivity contribution in [3.8, 4) is 0 Å². The van der Waals surface area contributed by atoms with Crippen LogP contribution in [-0.4, -0.2) is 16.3 Å². The lowest BCUT2D eigenvalue weighted by Crippen LogP contribution is -2.00. The largest absolute Gasteiger partial charge is 0.382 e. The second-order valence-corrected chi connectivity index (χ2v) is 3.75. The van der Waals surface area contributed by atoms with E-state index in [1.807, 2.05) is 0 Å². The standard InChI is InChI=1S/C8H18OS/c1-3-5-7-10-8(9)6-4-2/h8-9H,3-7H2,1-2H3. The monoisotopic (exact) mass is 162 g/mol. The van der Waals surface area contributed by atoms with E-state index in [1.54, 1.807) is 11.8 Å². The van der Waals surface area contributed by atoms with Crippen molar-refractivity contribution in [1.29, 1.82) is 0 Å². The van der Waals surface area contributed by atoms with Crippen LogP contribution in [0.3, 0.4) is 0 Å². The van der Waals surface area contributed by atoms with Crippen LogP contribution in [0.15, 0.2) is 0 Å². The van der Waals surface area contributed by atoms with Gasteiger partial charge in [0.05, 0.1) is 5.44 Å². The Kier molecular flexibility index (Phi) is 7.65. The molecule has 0 aliphatic rings. The lowest BCUT2D eigenvalue weighted by Gasteiger charge is -2.06. The highest BCUT2D eigenvalue weighted by Gasteiger charge is 2.00. The number of aliphatic hydroxyl groups excluding tert-OH is 1. The summed E-state index contributed by atoms with van der Waals surface area (Å²) in [7, 11) is 0. The van der Waals surface area contributed by atoms with Crippen LogP contribution in [0, 0.1) is 0 Å². The minimum absolute atomic E-state index is 0.114. The van der Waals surface area contributed by atoms with Gasteiger partial charge < -0.3 is 5.11 Å². The van der Waals surface area contributed by atoms with Crippen LogP contribution in [0.25, 0.3) is 0 Å². The van der Waals surface area contributed by atoms with Crippen LogP contribution in [0.4, 0.5) is 0 Å². The van der Waals surface area contributed by atoms with Gasteiger partial charge >= 0.3 is 0 Å². The molecule has 0 aromatic rings. The molecular formula is C8H18OS. The van der Waals surface area contributed by atoms with Crippen molar-refractivity contribution in [2.75, 3.05) is 5.75 Å². The Labute approximate surface area is 68.2 Å². The minimum atomic E-state index is -0.114. The van der Waals surface area contributed by atoms with Crippen molar-refractivity contribution in [2.24, 2.45) is 0 Å². The van der Waals surface area contributed by atoms with Gasteiger partial charge in [-0.05, 0) is 18.6 Å². The average Bonchev–Trinajstić information content (AvgIpc) is 1.89. The summed E-state index contributed by atoms with van der Waals surface area (Å²) in [5.74, 6) is 1.11. The fourth-order valence-electron chi connectivity index (χ4n) is 0.694. The molecule has 0 fully saturated rings. The van der Waals surface area contributed by atoms with Gasteiger partial charge in [-0.1, -0.05) is 26.7 Å². The molecule has 1 unspecified atom stereocenters. The second-order valence-electron chi connectivity index (χ2n) is 2.47. The Morgan fingerprint density at radius 3 is 2.50 bits per heavy atom. The predicted molar refractivity (Wildman–Crippen MR) is 48.3 cm³/mol. The van der Waals surface area contributed by atoms with E-state index in [1.165, 1.54) is 12.8 Å². The number of aliphatic hydroxyl groups is 1. The molecule has 0 aromatic carbocycles. The zero-order valence-corrected chi connectivity index (χ0v) is 7.78. The van der Waals surface area contributed by atoms with Crippen molar-refractivity contribution >= 4 is 11.8 Å². The van der Waals surface area contributed by atoms with Crippen molar-refractivity contribution in [3.63, 3.8) is 0 Å². The zero-order chi connectivity index (χ0) is 7.82. The van der Waals surface area contributed by atoms with E-state index in [0.717, 1.165) is 18.6 Å². The molecule has 0 radical (unpaired) electrons. The Hall–Kier alpha value is 0.310. The molecule has 0 saturated carbocycles. The summed E-state index contributed by atoms with van der Waals surface area (Å²) in [6, 6.07) is 0. The lowest BCUT2D eigenvalue weighted by atomic mass is 10.4. The first kappa shape index (κ1) is 10.3. The molecule has 0 bridgehead atoms. The van der Waals surface area contributed by atoms with Crippen molar-refractivity contribution < 1.29 is 5.11 Å². The summed E-state index contributed by atoms with van der Waals surface area (Å²) in [6.07, 6.45) is 4.48. The molecule has 2 heteroatoms. The molecule has 0 aliphatic carbocycles. The van der Waals surface area contributed by atoms with Gasteiger partial charge in [0.15, 0.2) is 0 Å². The molecule has 1 atom stereocenters. The fraction of sp³-hybridized carbons (Fsp3) is 1.00. The molecule has 10 heavy (non-hydrogen) atoms. The Morgan fingerprint density at radius 2 is 2.00 bits per heavy atom. The van der Waals surface area contributed by atoms with E-state index in [9.17, 15) is 5.11 Å². The SMILES string of the molecule is CCCCSC(O)CCC. The van der Waals surface area contributed by atoms with Gasteiger partial charge in [0.1, 0.15) is 0 Å². The van der Waals surface area contributed by atoms with E-state index in [0.29, 0.717) is 0 Å². The van der Waals surface area contributed by atoms with Crippen LogP contribution in [0.5, 0.6) is 0 Å². The van der Waals surface area contributed by atoms with Gasteiger partial charge in [0.25, 0.3) is 0 Å². The van der Waals surface area contributed by atoms with Crippen LogP contribution >= 0.6 is 11.8 Å². The van der Waals surface area contributed by atoms with Crippen LogP contribution in [0.2, 0.25) is 0 Å². The first-order chi connectivity index (χ1) is 4.81. The molecule has 0 amide bonds. The first-order valence-electron chi connectivity index (χ1n) is 4.11. The average molecular weight is 162 g/mol. The van der Waals surface area contributed by atoms with Crippen LogP contribution in [0.1, 0.15) is 39.5 Å². The lowest BCUT2D eigenvalue weighted by molar-refractivity contribution is 0.251. The van der Waals surface area contributed by atoms with Crippen LogP contribution < -0.4 is 0 Å². The molecule has 0 spiro atoms. The van der Waals surface area contributed by atoms with E-state index in [2.05, 4.69) is 13.8 Å². The number of hydrogen-bond acceptors (Lipinski definition) is 2. The molecule has 0 aromatic heterocycles. The fourth-order valence-corrected chi connectivity index (χ4v) is 1.82. The van der Waals surface area contributed by atoms with Crippen molar-refractivity contribution in [2.45, 2.75) is 45.0 Å². The quantitative estimate of drug-likeness (QED) is 0.478. The summed E-state index contributed by atoms with van der Waals surface area (Å²) in [6.45, 7) is 4.27. The smallest absolute Gasteiger partial charge is 0.0992 e. The number of unbranched alkanes of at least 4 members (excludes halogenated alkanes) is 1. The molecule has 0 rings (SSSR count). The summed E-state index contributed by atoms with van der Waals surface area (Å²) < 4.78 is 0. The molecular weight excluding hydrogens is 144 g/mol. The molecule has 0 aliphatic heterocycles. The van der Waals surface area contributed by atoms with Gasteiger partial charge in [-0.3, -0.25) is 0 Å². The van der Waals surface area contributed by atoms with Crippen molar-refractivity contribution in [1.82, 2.24) is 0 Å². The van der Waals surface area contributed by atoms with Gasteiger partial charge in [-0.2, -0.15) is 0 Å². The maximum Gasteiger partial charge on any atom is 0.0992 e. The van der Waals surface area contributed by atoms with E-state index in [4.69, 9.17) is 0 Å². The van der Waals surface area contributed by atoms with Crippen LogP contribution in [-0.2, 0) is 0 Å². The summed E-state index contributed by atoms with van der Waals surface area (Å²) in [4.78, 5) is 0. The summed E-state index contributed by atoms with van der Waals surface area (Å²) in [5.41, 5.74) is -0.114. The zero-order valence-electron chi connectivity index (χ0n) is 6.97. The molecule has 0 heterocycles. The third-order valence-corrected chi connectivity index (χ3v) is 2.49. The number of rotatable bonds is 6. The maximum atomic E-state index is 9.24. The molecule has 1 N–H and O–H groups in total. The third kappa shape index (κ3) is 6.43. The third-order valence-electron chi connectivity index (χ3n) is 1.34. The summed E-state index contributed by atoms with van der Waals surface area (Å²) in [5, 5.41) is 9.24. The van der Waals surface area contributed by atoms with Gasteiger partial charge in [-0.15, -0.1) is 11.8 Å². The number of thioether (sulfide) groups is 1.